The largest absolute Gasteiger partial charge is 0.493 e. The number of esters is 1. The zero-order valence-electron chi connectivity index (χ0n) is 14.5. The summed E-state index contributed by atoms with van der Waals surface area (Å²) in [5.74, 6) is -1.11. The third kappa shape index (κ3) is 4.35. The Hall–Kier alpha value is -2.69. The quantitative estimate of drug-likeness (QED) is 0.309. The van der Waals surface area contributed by atoms with Gasteiger partial charge in [0.2, 0.25) is 10.0 Å². The average Bonchev–Trinajstić information content (AvgIpc) is 2.61. The summed E-state index contributed by atoms with van der Waals surface area (Å²) in [4.78, 5) is 22.6. The van der Waals surface area contributed by atoms with Crippen LogP contribution in [-0.2, 0) is 10.0 Å². The number of halogens is 1. The van der Waals surface area contributed by atoms with E-state index in [4.69, 9.17) is 21.1 Å². The van der Waals surface area contributed by atoms with E-state index in [1.807, 2.05) is 0 Å². The summed E-state index contributed by atoms with van der Waals surface area (Å²) in [7, 11) is 0.187. The Balaban J connectivity index is 2.45. The number of non-ortho nitro benzene ring substituents is 1. The van der Waals surface area contributed by atoms with Gasteiger partial charge in [-0.25, -0.2) is 17.5 Å². The van der Waals surface area contributed by atoms with Crippen LogP contribution in [0.2, 0.25) is 5.02 Å². The van der Waals surface area contributed by atoms with E-state index < -0.39 is 20.9 Å². The van der Waals surface area contributed by atoms with Crippen molar-refractivity contribution >= 4 is 33.3 Å². The predicted molar refractivity (Wildman–Crippen MR) is 96.9 cm³/mol. The molecule has 0 aliphatic rings. The summed E-state index contributed by atoms with van der Waals surface area (Å²) in [6.07, 6.45) is 0. The number of hydrogen-bond donors (Lipinski definition) is 0. The highest BCUT2D eigenvalue weighted by Gasteiger charge is 2.23. The molecule has 2 rings (SSSR count). The van der Waals surface area contributed by atoms with E-state index >= 15 is 0 Å². The fourth-order valence-electron chi connectivity index (χ4n) is 2.05. The number of nitro groups is 1. The maximum absolute atomic E-state index is 12.5. The molecule has 11 heteroatoms. The van der Waals surface area contributed by atoms with Gasteiger partial charge in [0.1, 0.15) is 0 Å². The Labute approximate surface area is 160 Å². The van der Waals surface area contributed by atoms with Crippen molar-refractivity contribution in [2.24, 2.45) is 0 Å². The number of carbonyl (C=O) groups is 1. The van der Waals surface area contributed by atoms with Crippen LogP contribution in [0.25, 0.3) is 0 Å². The normalized spacial score (nSPS) is 11.3. The van der Waals surface area contributed by atoms with Gasteiger partial charge in [0.15, 0.2) is 11.5 Å². The van der Waals surface area contributed by atoms with Crippen LogP contribution in [0.3, 0.4) is 0 Å². The summed E-state index contributed by atoms with van der Waals surface area (Å²) in [5.41, 5.74) is -0.526. The highest BCUT2D eigenvalue weighted by Crippen LogP contribution is 2.32. The molecular formula is C16H15ClN2O7S. The second kappa shape index (κ2) is 7.91. The van der Waals surface area contributed by atoms with Gasteiger partial charge in [0.05, 0.1) is 33.6 Å². The molecule has 2 aromatic carbocycles. The van der Waals surface area contributed by atoms with Crippen LogP contribution in [0.15, 0.2) is 41.3 Å². The first-order valence-corrected chi connectivity index (χ1v) is 9.16. The third-order valence-corrected chi connectivity index (χ3v) is 5.64. The van der Waals surface area contributed by atoms with Crippen LogP contribution in [0.4, 0.5) is 5.69 Å². The molecule has 0 spiro atoms. The predicted octanol–water partition coefficient (Wildman–Crippen LogP) is 2.73. The van der Waals surface area contributed by atoms with Gasteiger partial charge in [-0.2, -0.15) is 0 Å². The number of nitro benzene ring substituents is 1. The Kier molecular flexibility index (Phi) is 6.04. The summed E-state index contributed by atoms with van der Waals surface area (Å²) in [6.45, 7) is 0. The zero-order valence-corrected chi connectivity index (χ0v) is 16.1. The number of hydrogen-bond acceptors (Lipinski definition) is 7. The number of nitrogens with zero attached hydrogens (tertiary/aromatic N) is 2. The Morgan fingerprint density at radius 3 is 2.37 bits per heavy atom. The van der Waals surface area contributed by atoms with Gasteiger partial charge in [-0.15, -0.1) is 0 Å². The van der Waals surface area contributed by atoms with Gasteiger partial charge >= 0.3 is 5.97 Å². The molecule has 0 fully saturated rings. The number of sulfonamides is 1. The summed E-state index contributed by atoms with van der Waals surface area (Å²) >= 11 is 5.99. The van der Waals surface area contributed by atoms with Gasteiger partial charge in [0.25, 0.3) is 5.69 Å². The topological polar surface area (TPSA) is 116 Å². The molecule has 0 saturated heterocycles. The third-order valence-electron chi connectivity index (χ3n) is 3.50. The van der Waals surface area contributed by atoms with Crippen molar-refractivity contribution < 1.29 is 27.6 Å². The summed E-state index contributed by atoms with van der Waals surface area (Å²) in [6, 6.07) is 7.05. The first kappa shape index (κ1) is 20.6. The van der Waals surface area contributed by atoms with Crippen molar-refractivity contribution in [3.63, 3.8) is 0 Å². The van der Waals surface area contributed by atoms with Crippen molar-refractivity contribution in [3.8, 4) is 11.5 Å². The SMILES string of the molecule is COc1ccc([N+](=O)[O-])cc1OC(=O)c1cc(S(=O)(=O)N(C)C)ccc1Cl. The van der Waals surface area contributed by atoms with E-state index in [2.05, 4.69) is 0 Å². The Morgan fingerprint density at radius 2 is 1.81 bits per heavy atom. The smallest absolute Gasteiger partial charge is 0.345 e. The lowest BCUT2D eigenvalue weighted by Gasteiger charge is -2.13. The molecule has 0 aliphatic carbocycles. The van der Waals surface area contributed by atoms with E-state index in [1.165, 1.54) is 45.5 Å². The fraction of sp³-hybridized carbons (Fsp3) is 0.188. The maximum Gasteiger partial charge on any atom is 0.345 e. The first-order chi connectivity index (χ1) is 12.6. The van der Waals surface area contributed by atoms with E-state index in [-0.39, 0.29) is 32.7 Å². The monoisotopic (exact) mass is 414 g/mol. The Bertz CT molecular complexity index is 1010. The minimum atomic E-state index is -3.80. The van der Waals surface area contributed by atoms with E-state index in [0.717, 1.165) is 16.4 Å². The number of benzene rings is 2. The minimum absolute atomic E-state index is 0.0397. The lowest BCUT2D eigenvalue weighted by molar-refractivity contribution is -0.384. The summed E-state index contributed by atoms with van der Waals surface area (Å²) in [5, 5.41) is 10.9. The molecule has 0 saturated carbocycles. The molecule has 0 unspecified atom stereocenters. The van der Waals surface area contributed by atoms with Crippen LogP contribution >= 0.6 is 11.6 Å². The summed E-state index contributed by atoms with van der Waals surface area (Å²) < 4.78 is 35.6. The first-order valence-electron chi connectivity index (χ1n) is 7.34. The highest BCUT2D eigenvalue weighted by atomic mass is 35.5. The van der Waals surface area contributed by atoms with Crippen LogP contribution < -0.4 is 9.47 Å². The van der Waals surface area contributed by atoms with Crippen molar-refractivity contribution in [3.05, 3.63) is 57.1 Å². The van der Waals surface area contributed by atoms with Gasteiger partial charge in [-0.1, -0.05) is 11.6 Å². The van der Waals surface area contributed by atoms with E-state index in [9.17, 15) is 23.3 Å². The zero-order chi connectivity index (χ0) is 20.4. The standard InChI is InChI=1S/C16H15ClN2O7S/c1-18(2)27(23,24)11-5-6-13(17)12(9-11)16(20)26-15-8-10(19(21)22)4-7-14(15)25-3/h4-9H,1-3H3. The number of carbonyl (C=O) groups excluding carboxylic acids is 1. The van der Waals surface area contributed by atoms with Crippen molar-refractivity contribution in [1.82, 2.24) is 4.31 Å². The van der Waals surface area contributed by atoms with Crippen molar-refractivity contribution in [2.45, 2.75) is 4.90 Å². The fourth-order valence-corrected chi connectivity index (χ4v) is 3.17. The molecule has 9 nitrogen and oxygen atoms in total. The molecule has 0 bridgehead atoms. The van der Waals surface area contributed by atoms with Gasteiger partial charge in [-0.05, 0) is 24.3 Å². The molecule has 0 aromatic heterocycles. The van der Waals surface area contributed by atoms with Crippen LogP contribution in [0.5, 0.6) is 11.5 Å². The van der Waals surface area contributed by atoms with Gasteiger partial charge in [0, 0.05) is 20.2 Å². The molecule has 0 heterocycles. The van der Waals surface area contributed by atoms with Crippen LogP contribution in [0.1, 0.15) is 10.4 Å². The second-order valence-corrected chi connectivity index (χ2v) is 7.97. The van der Waals surface area contributed by atoms with Gasteiger partial charge < -0.3 is 9.47 Å². The lowest BCUT2D eigenvalue weighted by atomic mass is 10.2. The van der Waals surface area contributed by atoms with Crippen LogP contribution in [0, 0.1) is 10.1 Å². The second-order valence-electron chi connectivity index (χ2n) is 5.41. The van der Waals surface area contributed by atoms with Crippen LogP contribution in [-0.4, -0.2) is 44.8 Å². The minimum Gasteiger partial charge on any atom is -0.493 e. The molecule has 0 N–H and O–H groups in total. The molecule has 0 aliphatic heterocycles. The lowest BCUT2D eigenvalue weighted by Crippen LogP contribution is -2.22. The van der Waals surface area contributed by atoms with E-state index in [1.54, 1.807) is 0 Å². The number of rotatable bonds is 6. The highest BCUT2D eigenvalue weighted by molar-refractivity contribution is 7.89. The molecule has 0 atom stereocenters. The number of methoxy groups -OCH3 is 1. The Morgan fingerprint density at radius 1 is 1.15 bits per heavy atom. The molecule has 2 aromatic rings. The van der Waals surface area contributed by atoms with Crippen molar-refractivity contribution in [2.75, 3.05) is 21.2 Å². The maximum atomic E-state index is 12.5. The number of ether oxygens (including phenoxy) is 2. The molecular weight excluding hydrogens is 400 g/mol. The van der Waals surface area contributed by atoms with E-state index in [0.29, 0.717) is 0 Å². The molecule has 0 amide bonds. The molecule has 144 valence electrons. The molecule has 27 heavy (non-hydrogen) atoms. The average molecular weight is 415 g/mol. The van der Waals surface area contributed by atoms with Gasteiger partial charge in [-0.3, -0.25) is 10.1 Å². The molecule has 0 radical (unpaired) electrons. The van der Waals surface area contributed by atoms with Crippen molar-refractivity contribution in [1.29, 1.82) is 0 Å².